The highest BCUT2D eigenvalue weighted by atomic mass is 19.2. The van der Waals surface area contributed by atoms with Crippen molar-refractivity contribution in [3.8, 4) is 0 Å². The Hall–Kier alpha value is -4.60. The molecular formula is C30H29F3N4O3. The number of rotatable bonds is 9. The molecule has 0 aliphatic carbocycles. The number of halogens is 3. The lowest BCUT2D eigenvalue weighted by atomic mass is 10.0. The molecule has 2 amide bonds. The maximum Gasteiger partial charge on any atom is 0.253 e. The van der Waals surface area contributed by atoms with E-state index in [0.717, 1.165) is 21.8 Å². The number of benzene rings is 2. The summed E-state index contributed by atoms with van der Waals surface area (Å²) in [5, 5.41) is 5.39. The monoisotopic (exact) mass is 550 g/mol. The normalized spacial score (nSPS) is 13.1. The molecule has 7 nitrogen and oxygen atoms in total. The number of allylic oxidation sites excluding steroid dienone is 1. The van der Waals surface area contributed by atoms with Gasteiger partial charge in [0.15, 0.2) is 11.6 Å². The Labute approximate surface area is 229 Å². The molecule has 0 spiro atoms. The SMILES string of the molecule is C/C=C\c1cc(CNC(=O)c2ccc(=O)n(Cc3ccc(CN4C=CNCC4=O)c(F)c3F)c2)c(F)cc1CC. The number of nitrogens with one attached hydrogen (secondary N) is 2. The second-order valence-electron chi connectivity index (χ2n) is 9.29. The van der Waals surface area contributed by atoms with E-state index < -0.39 is 28.9 Å². The van der Waals surface area contributed by atoms with Crippen molar-refractivity contribution < 1.29 is 22.8 Å². The molecule has 3 aromatic rings. The average Bonchev–Trinajstić information content (AvgIpc) is 2.94. The number of amides is 2. The van der Waals surface area contributed by atoms with Gasteiger partial charge in [-0.15, -0.1) is 0 Å². The summed E-state index contributed by atoms with van der Waals surface area (Å²) in [6.45, 7) is 3.30. The molecule has 1 aliphatic rings. The summed E-state index contributed by atoms with van der Waals surface area (Å²) in [5.74, 6) is -3.54. The maximum absolute atomic E-state index is 14.9. The first-order chi connectivity index (χ1) is 19.2. The van der Waals surface area contributed by atoms with Crippen LogP contribution in [0.15, 0.2) is 65.9 Å². The van der Waals surface area contributed by atoms with Crippen LogP contribution < -0.4 is 16.2 Å². The van der Waals surface area contributed by atoms with Crippen molar-refractivity contribution in [2.24, 2.45) is 0 Å². The molecule has 0 atom stereocenters. The van der Waals surface area contributed by atoms with Gasteiger partial charge in [0.25, 0.3) is 11.5 Å². The molecule has 40 heavy (non-hydrogen) atoms. The Balaban J connectivity index is 1.49. The zero-order valence-corrected chi connectivity index (χ0v) is 22.1. The Morgan fingerprint density at radius 1 is 1.00 bits per heavy atom. The summed E-state index contributed by atoms with van der Waals surface area (Å²) in [7, 11) is 0. The zero-order valence-electron chi connectivity index (χ0n) is 22.1. The van der Waals surface area contributed by atoms with E-state index in [9.17, 15) is 27.6 Å². The lowest BCUT2D eigenvalue weighted by molar-refractivity contribution is -0.128. The van der Waals surface area contributed by atoms with Gasteiger partial charge >= 0.3 is 0 Å². The molecule has 1 aromatic heterocycles. The summed E-state index contributed by atoms with van der Waals surface area (Å²) in [6.07, 6.45) is 8.61. The molecule has 0 unspecified atom stereocenters. The van der Waals surface area contributed by atoms with E-state index >= 15 is 0 Å². The highest BCUT2D eigenvalue weighted by Crippen LogP contribution is 2.21. The van der Waals surface area contributed by atoms with Gasteiger partial charge < -0.3 is 20.1 Å². The van der Waals surface area contributed by atoms with Crippen molar-refractivity contribution in [1.82, 2.24) is 20.1 Å². The number of aryl methyl sites for hydroxylation is 1. The number of pyridine rings is 1. The molecule has 208 valence electrons. The first kappa shape index (κ1) is 28.4. The molecule has 0 bridgehead atoms. The molecule has 0 fully saturated rings. The first-order valence-electron chi connectivity index (χ1n) is 12.8. The Morgan fingerprint density at radius 3 is 2.40 bits per heavy atom. The van der Waals surface area contributed by atoms with Crippen LogP contribution in [0.3, 0.4) is 0 Å². The van der Waals surface area contributed by atoms with Gasteiger partial charge in [-0.25, -0.2) is 13.2 Å². The minimum atomic E-state index is -1.14. The molecular weight excluding hydrogens is 521 g/mol. The molecule has 0 radical (unpaired) electrons. The maximum atomic E-state index is 14.9. The van der Waals surface area contributed by atoms with Crippen molar-refractivity contribution in [2.45, 2.75) is 39.9 Å². The van der Waals surface area contributed by atoms with E-state index in [1.807, 2.05) is 26.0 Å². The lowest BCUT2D eigenvalue weighted by Gasteiger charge is -2.22. The van der Waals surface area contributed by atoms with Crippen LogP contribution in [0.1, 0.15) is 52.0 Å². The van der Waals surface area contributed by atoms with E-state index in [1.54, 1.807) is 12.3 Å². The summed E-state index contributed by atoms with van der Waals surface area (Å²) in [4.78, 5) is 38.5. The third-order valence-corrected chi connectivity index (χ3v) is 6.59. The van der Waals surface area contributed by atoms with Gasteiger partial charge in [0, 0.05) is 47.9 Å². The van der Waals surface area contributed by atoms with Crippen LogP contribution in [-0.2, 0) is 30.8 Å². The van der Waals surface area contributed by atoms with Gasteiger partial charge in [0.2, 0.25) is 5.91 Å². The number of carbonyl (C=O) groups excluding carboxylic acids is 2. The predicted octanol–water partition coefficient (Wildman–Crippen LogP) is 4.24. The molecule has 0 saturated heterocycles. The standard InChI is InChI=1S/C30H29F3N4O3/c1-3-5-20-12-24(25(31)13-19(20)4-2)14-35-30(40)23-8-9-26(38)37(18-23)17-22-7-6-21(28(32)29(22)33)16-36-11-10-34-15-27(36)39/h3,5-13,18,34H,4,14-17H2,1-2H3,(H,35,40)/b5-3-. The summed E-state index contributed by atoms with van der Waals surface area (Å²) < 4.78 is 45.5. The Kier molecular flexibility index (Phi) is 8.88. The van der Waals surface area contributed by atoms with Gasteiger partial charge in [-0.3, -0.25) is 14.4 Å². The molecule has 10 heteroatoms. The Morgan fingerprint density at radius 2 is 1.73 bits per heavy atom. The van der Waals surface area contributed by atoms with E-state index in [-0.39, 0.29) is 48.8 Å². The van der Waals surface area contributed by atoms with Gasteiger partial charge in [-0.1, -0.05) is 31.2 Å². The van der Waals surface area contributed by atoms with Crippen LogP contribution in [0.5, 0.6) is 0 Å². The third kappa shape index (κ3) is 6.33. The lowest BCUT2D eigenvalue weighted by Crippen LogP contribution is -2.37. The van der Waals surface area contributed by atoms with Crippen LogP contribution in [0, 0.1) is 17.5 Å². The van der Waals surface area contributed by atoms with E-state index in [0.29, 0.717) is 12.0 Å². The number of carbonyl (C=O) groups is 2. The Bertz CT molecular complexity index is 1560. The van der Waals surface area contributed by atoms with Crippen LogP contribution in [0.4, 0.5) is 13.2 Å². The van der Waals surface area contributed by atoms with E-state index in [4.69, 9.17) is 0 Å². The van der Waals surface area contributed by atoms with E-state index in [1.165, 1.54) is 41.6 Å². The second kappa shape index (κ2) is 12.5. The predicted molar refractivity (Wildman–Crippen MR) is 146 cm³/mol. The second-order valence-corrected chi connectivity index (χ2v) is 9.29. The highest BCUT2D eigenvalue weighted by molar-refractivity contribution is 5.93. The minimum Gasteiger partial charge on any atom is -0.381 e. The van der Waals surface area contributed by atoms with Gasteiger partial charge in [-0.05, 0) is 42.7 Å². The third-order valence-electron chi connectivity index (χ3n) is 6.59. The highest BCUT2D eigenvalue weighted by Gasteiger charge is 2.20. The summed E-state index contributed by atoms with van der Waals surface area (Å²) >= 11 is 0. The summed E-state index contributed by atoms with van der Waals surface area (Å²) in [6, 6.07) is 8.31. The molecule has 2 aromatic carbocycles. The first-order valence-corrected chi connectivity index (χ1v) is 12.8. The number of nitrogens with zero attached hydrogens (tertiary/aromatic N) is 2. The molecule has 2 N–H and O–H groups in total. The number of hydrogen-bond donors (Lipinski definition) is 2. The average molecular weight is 551 g/mol. The molecule has 2 heterocycles. The fourth-order valence-electron chi connectivity index (χ4n) is 4.38. The molecule has 1 aliphatic heterocycles. The van der Waals surface area contributed by atoms with Crippen molar-refractivity contribution in [3.63, 3.8) is 0 Å². The number of aromatic nitrogens is 1. The number of hydrogen-bond acceptors (Lipinski definition) is 4. The van der Waals surface area contributed by atoms with Gasteiger partial charge in [0.05, 0.1) is 25.2 Å². The molecule has 4 rings (SSSR count). The fourth-order valence-corrected chi connectivity index (χ4v) is 4.38. The topological polar surface area (TPSA) is 83.4 Å². The summed E-state index contributed by atoms with van der Waals surface area (Å²) in [5.41, 5.74) is 1.48. The van der Waals surface area contributed by atoms with Crippen molar-refractivity contribution >= 4 is 17.9 Å². The van der Waals surface area contributed by atoms with Crippen LogP contribution >= 0.6 is 0 Å². The van der Waals surface area contributed by atoms with Gasteiger partial charge in [0.1, 0.15) is 5.82 Å². The van der Waals surface area contributed by atoms with Crippen molar-refractivity contribution in [2.75, 3.05) is 6.54 Å². The largest absolute Gasteiger partial charge is 0.381 e. The van der Waals surface area contributed by atoms with Gasteiger partial charge in [-0.2, -0.15) is 0 Å². The van der Waals surface area contributed by atoms with Crippen LogP contribution in [0.25, 0.3) is 6.08 Å². The van der Waals surface area contributed by atoms with Crippen LogP contribution in [-0.4, -0.2) is 27.8 Å². The quantitative estimate of drug-likeness (QED) is 0.418. The molecule has 0 saturated carbocycles. The smallest absolute Gasteiger partial charge is 0.253 e. The van der Waals surface area contributed by atoms with Crippen LogP contribution in [0.2, 0.25) is 0 Å². The minimum absolute atomic E-state index is 0.0154. The fraction of sp³-hybridized carbons (Fsp3) is 0.233. The van der Waals surface area contributed by atoms with Crippen molar-refractivity contribution in [3.05, 3.63) is 122 Å². The zero-order chi connectivity index (χ0) is 28.8. The van der Waals surface area contributed by atoms with Crippen molar-refractivity contribution in [1.29, 1.82) is 0 Å². The van der Waals surface area contributed by atoms with E-state index in [2.05, 4.69) is 10.6 Å².